The van der Waals surface area contributed by atoms with Crippen molar-refractivity contribution in [3.8, 4) is 11.5 Å². The van der Waals surface area contributed by atoms with Crippen molar-refractivity contribution in [3.63, 3.8) is 0 Å². The molecule has 1 unspecified atom stereocenters. The second-order valence-corrected chi connectivity index (χ2v) is 7.88. The molecule has 152 valence electrons. The molecule has 1 heterocycles. The number of anilines is 1. The first kappa shape index (κ1) is 21.8. The topological polar surface area (TPSA) is 111 Å². The van der Waals surface area contributed by atoms with Gasteiger partial charge in [-0.1, -0.05) is 6.07 Å². The maximum absolute atomic E-state index is 12.7. The first-order chi connectivity index (χ1) is 12.8. The molecule has 0 aromatic heterocycles. The molecule has 28 heavy (non-hydrogen) atoms. The molecule has 1 atom stereocenters. The van der Waals surface area contributed by atoms with E-state index >= 15 is 0 Å². The van der Waals surface area contributed by atoms with E-state index in [1.54, 1.807) is 31.3 Å². The SMILES string of the molecule is CC(CN)N(C)C(=O)c1cccc(S(=O)(=O)Nc2ccc3c(c2)OCO3)c1.Cl. The number of benzene rings is 2. The first-order valence-corrected chi connectivity index (χ1v) is 9.80. The highest BCUT2D eigenvalue weighted by atomic mass is 35.5. The van der Waals surface area contributed by atoms with E-state index in [1.165, 1.54) is 23.1 Å². The standard InChI is InChI=1S/C18H21N3O5S.ClH/c1-12(10-19)21(2)18(22)13-4-3-5-15(8-13)27(23,24)20-14-6-7-16-17(9-14)26-11-25-16;/h3-9,12,20H,10-11,19H2,1-2H3;1H. The van der Waals surface area contributed by atoms with Crippen LogP contribution in [0, 0.1) is 0 Å². The van der Waals surface area contributed by atoms with E-state index in [9.17, 15) is 13.2 Å². The van der Waals surface area contributed by atoms with Gasteiger partial charge < -0.3 is 20.1 Å². The number of rotatable bonds is 6. The Bertz CT molecular complexity index is 967. The van der Waals surface area contributed by atoms with Crippen LogP contribution in [-0.4, -0.2) is 45.7 Å². The number of nitrogens with two attached hydrogens (primary N) is 1. The minimum atomic E-state index is -3.88. The van der Waals surface area contributed by atoms with Crippen molar-refractivity contribution >= 4 is 34.0 Å². The van der Waals surface area contributed by atoms with E-state index in [-0.39, 0.29) is 41.6 Å². The van der Waals surface area contributed by atoms with Gasteiger partial charge in [-0.05, 0) is 37.3 Å². The van der Waals surface area contributed by atoms with Gasteiger partial charge in [0.1, 0.15) is 0 Å². The maximum atomic E-state index is 12.7. The molecule has 0 bridgehead atoms. The smallest absolute Gasteiger partial charge is 0.261 e. The maximum Gasteiger partial charge on any atom is 0.261 e. The molecule has 1 amide bonds. The Labute approximate surface area is 170 Å². The summed E-state index contributed by atoms with van der Waals surface area (Å²) in [6.07, 6.45) is 0. The number of carbonyl (C=O) groups excluding carboxylic acids is 1. The number of likely N-dealkylation sites (N-methyl/N-ethyl adjacent to an activating group) is 1. The predicted octanol–water partition coefficient (Wildman–Crippen LogP) is 2.06. The van der Waals surface area contributed by atoms with Gasteiger partial charge in [0.05, 0.1) is 10.6 Å². The molecule has 3 N–H and O–H groups in total. The van der Waals surface area contributed by atoms with Crippen molar-refractivity contribution in [2.75, 3.05) is 25.1 Å². The van der Waals surface area contributed by atoms with Gasteiger partial charge in [-0.15, -0.1) is 12.4 Å². The molecule has 8 nitrogen and oxygen atoms in total. The molecule has 0 fully saturated rings. The number of fused-ring (bicyclic) bond motifs is 1. The molecule has 0 saturated carbocycles. The quantitative estimate of drug-likeness (QED) is 0.729. The summed E-state index contributed by atoms with van der Waals surface area (Å²) in [5.41, 5.74) is 6.20. The van der Waals surface area contributed by atoms with Crippen molar-refractivity contribution in [2.24, 2.45) is 5.73 Å². The van der Waals surface area contributed by atoms with Crippen LogP contribution in [0.25, 0.3) is 0 Å². The number of halogens is 1. The van der Waals surface area contributed by atoms with Crippen LogP contribution in [0.2, 0.25) is 0 Å². The highest BCUT2D eigenvalue weighted by molar-refractivity contribution is 7.92. The molecule has 0 aliphatic carbocycles. The number of nitrogens with zero attached hydrogens (tertiary/aromatic N) is 1. The van der Waals surface area contributed by atoms with Gasteiger partial charge in [0.25, 0.3) is 15.9 Å². The fourth-order valence-electron chi connectivity index (χ4n) is 2.53. The lowest BCUT2D eigenvalue weighted by molar-refractivity contribution is 0.0748. The Morgan fingerprint density at radius 2 is 1.93 bits per heavy atom. The monoisotopic (exact) mass is 427 g/mol. The minimum absolute atomic E-state index is 0. The van der Waals surface area contributed by atoms with Crippen LogP contribution in [-0.2, 0) is 10.0 Å². The fourth-order valence-corrected chi connectivity index (χ4v) is 3.63. The predicted molar refractivity (Wildman–Crippen MR) is 108 cm³/mol. The Morgan fingerprint density at radius 3 is 2.64 bits per heavy atom. The van der Waals surface area contributed by atoms with Gasteiger partial charge in [0, 0.05) is 31.3 Å². The number of hydrogen-bond donors (Lipinski definition) is 2. The Balaban J connectivity index is 0.00000280. The van der Waals surface area contributed by atoms with Crippen molar-refractivity contribution in [2.45, 2.75) is 17.9 Å². The molecule has 0 saturated heterocycles. The van der Waals surface area contributed by atoms with Gasteiger partial charge in [-0.25, -0.2) is 8.42 Å². The van der Waals surface area contributed by atoms with Gasteiger partial charge in [-0.2, -0.15) is 0 Å². The summed E-state index contributed by atoms with van der Waals surface area (Å²) in [5, 5.41) is 0. The van der Waals surface area contributed by atoms with E-state index in [0.29, 0.717) is 23.7 Å². The molecule has 1 aliphatic rings. The van der Waals surface area contributed by atoms with E-state index in [4.69, 9.17) is 15.2 Å². The van der Waals surface area contributed by atoms with Crippen molar-refractivity contribution in [3.05, 3.63) is 48.0 Å². The summed E-state index contributed by atoms with van der Waals surface area (Å²) in [6, 6.07) is 10.5. The first-order valence-electron chi connectivity index (χ1n) is 8.31. The minimum Gasteiger partial charge on any atom is -0.454 e. The van der Waals surface area contributed by atoms with Crippen LogP contribution < -0.4 is 19.9 Å². The third-order valence-corrected chi connectivity index (χ3v) is 5.72. The largest absolute Gasteiger partial charge is 0.454 e. The van der Waals surface area contributed by atoms with Gasteiger partial charge in [0.15, 0.2) is 11.5 Å². The molecule has 0 radical (unpaired) electrons. The summed E-state index contributed by atoms with van der Waals surface area (Å²) < 4.78 is 38.4. The lowest BCUT2D eigenvalue weighted by Crippen LogP contribution is -2.39. The molecular formula is C18H22ClN3O5S. The zero-order chi connectivity index (χ0) is 19.6. The number of hydrogen-bond acceptors (Lipinski definition) is 6. The van der Waals surface area contributed by atoms with Crippen molar-refractivity contribution in [1.82, 2.24) is 4.90 Å². The normalized spacial score (nSPS) is 13.4. The van der Waals surface area contributed by atoms with Crippen LogP contribution in [0.1, 0.15) is 17.3 Å². The molecule has 2 aromatic carbocycles. The van der Waals surface area contributed by atoms with Gasteiger partial charge in [-0.3, -0.25) is 9.52 Å². The lowest BCUT2D eigenvalue weighted by Gasteiger charge is -2.23. The summed E-state index contributed by atoms with van der Waals surface area (Å²) in [6.45, 7) is 2.23. The van der Waals surface area contributed by atoms with E-state index < -0.39 is 10.0 Å². The van der Waals surface area contributed by atoms with Crippen LogP contribution in [0.4, 0.5) is 5.69 Å². The summed E-state index contributed by atoms with van der Waals surface area (Å²) in [7, 11) is -2.25. The zero-order valence-electron chi connectivity index (χ0n) is 15.4. The molecule has 3 rings (SSSR count). The average Bonchev–Trinajstić information content (AvgIpc) is 3.13. The highest BCUT2D eigenvalue weighted by Gasteiger charge is 2.21. The second kappa shape index (κ2) is 8.68. The van der Waals surface area contributed by atoms with E-state index in [1.807, 2.05) is 6.92 Å². The number of nitrogens with one attached hydrogen (secondary N) is 1. The van der Waals surface area contributed by atoms with Crippen LogP contribution in [0.5, 0.6) is 11.5 Å². The fraction of sp³-hybridized carbons (Fsp3) is 0.278. The Kier molecular flexibility index (Phi) is 6.76. The lowest BCUT2D eigenvalue weighted by atomic mass is 10.2. The molecule has 10 heteroatoms. The second-order valence-electron chi connectivity index (χ2n) is 6.20. The van der Waals surface area contributed by atoms with E-state index in [0.717, 1.165) is 0 Å². The van der Waals surface area contributed by atoms with Crippen LogP contribution in [0.3, 0.4) is 0 Å². The van der Waals surface area contributed by atoms with Crippen molar-refractivity contribution < 1.29 is 22.7 Å². The zero-order valence-corrected chi connectivity index (χ0v) is 17.0. The number of carbonyl (C=O) groups is 1. The van der Waals surface area contributed by atoms with Crippen molar-refractivity contribution in [1.29, 1.82) is 0 Å². The number of sulfonamides is 1. The average molecular weight is 428 g/mol. The molecular weight excluding hydrogens is 406 g/mol. The Morgan fingerprint density at radius 1 is 1.21 bits per heavy atom. The summed E-state index contributed by atoms with van der Waals surface area (Å²) in [4.78, 5) is 14.0. The van der Waals surface area contributed by atoms with Gasteiger partial charge >= 0.3 is 0 Å². The molecule has 2 aromatic rings. The van der Waals surface area contributed by atoms with Crippen LogP contribution in [0.15, 0.2) is 47.4 Å². The molecule has 1 aliphatic heterocycles. The van der Waals surface area contributed by atoms with E-state index in [2.05, 4.69) is 4.72 Å². The Hall–Kier alpha value is -2.49. The highest BCUT2D eigenvalue weighted by Crippen LogP contribution is 2.34. The van der Waals surface area contributed by atoms with Gasteiger partial charge in [0.2, 0.25) is 6.79 Å². The summed E-state index contributed by atoms with van der Waals surface area (Å²) in [5.74, 6) is 0.729. The third-order valence-electron chi connectivity index (χ3n) is 4.34. The van der Waals surface area contributed by atoms with Crippen LogP contribution >= 0.6 is 12.4 Å². The summed E-state index contributed by atoms with van der Waals surface area (Å²) >= 11 is 0. The molecule has 0 spiro atoms. The number of ether oxygens (including phenoxy) is 2. The third kappa shape index (κ3) is 4.49. The number of amides is 1.